The molecule has 0 aliphatic heterocycles. The first-order chi connectivity index (χ1) is 11.7. The fourth-order valence-electron chi connectivity index (χ4n) is 3.01. The van der Waals surface area contributed by atoms with E-state index in [0.717, 1.165) is 12.8 Å². The van der Waals surface area contributed by atoms with E-state index in [1.165, 1.54) is 70.6 Å². The van der Waals surface area contributed by atoms with Crippen molar-refractivity contribution in [2.24, 2.45) is 5.92 Å². The zero-order valence-electron chi connectivity index (χ0n) is 16.1. The molecule has 0 bridgehead atoms. The number of aliphatic carboxylic acids is 1. The van der Waals surface area contributed by atoms with E-state index in [2.05, 4.69) is 6.92 Å². The van der Waals surface area contributed by atoms with Crippen molar-refractivity contribution in [3.63, 3.8) is 0 Å². The summed E-state index contributed by atoms with van der Waals surface area (Å²) in [4.78, 5) is 11.2. The van der Waals surface area contributed by atoms with E-state index >= 15 is 0 Å². The summed E-state index contributed by atoms with van der Waals surface area (Å²) in [5.41, 5.74) is 0. The fourth-order valence-corrected chi connectivity index (χ4v) is 3.01. The number of rotatable bonds is 17. The van der Waals surface area contributed by atoms with Crippen molar-refractivity contribution in [3.8, 4) is 0 Å². The number of hydrogen-bond donors (Lipinski definition) is 1. The summed E-state index contributed by atoms with van der Waals surface area (Å²) >= 11 is 0. The van der Waals surface area contributed by atoms with Gasteiger partial charge in [-0.15, -0.1) is 0 Å². The van der Waals surface area contributed by atoms with Crippen molar-refractivity contribution in [2.45, 2.75) is 104 Å². The van der Waals surface area contributed by atoms with Crippen LogP contribution in [0, 0.1) is 5.92 Å². The molecule has 140 valence electrons. The number of carboxylic acid groups (broad SMARTS) is 1. The Morgan fingerprint density at radius 2 is 1.33 bits per heavy atom. The van der Waals surface area contributed by atoms with Gasteiger partial charge in [-0.25, -0.2) is 0 Å². The van der Waals surface area contributed by atoms with Crippen LogP contribution < -0.4 is 0 Å². The fraction of sp³-hybridized carbons (Fsp3) is 0.773. The van der Waals surface area contributed by atoms with E-state index in [1.807, 2.05) is 31.2 Å². The van der Waals surface area contributed by atoms with Crippen LogP contribution in [0.4, 0.5) is 0 Å². The minimum absolute atomic E-state index is 0.213. The minimum Gasteiger partial charge on any atom is -0.481 e. The van der Waals surface area contributed by atoms with Gasteiger partial charge in [0.05, 0.1) is 5.92 Å². The molecule has 1 N–H and O–H groups in total. The topological polar surface area (TPSA) is 37.3 Å². The maximum atomic E-state index is 11.2. The predicted molar refractivity (Wildman–Crippen MR) is 105 cm³/mol. The van der Waals surface area contributed by atoms with Gasteiger partial charge in [0.2, 0.25) is 0 Å². The summed E-state index contributed by atoms with van der Waals surface area (Å²) in [5.74, 6) is -0.863. The lowest BCUT2D eigenvalue weighted by Crippen LogP contribution is -2.12. The average Bonchev–Trinajstić information content (AvgIpc) is 2.57. The van der Waals surface area contributed by atoms with Gasteiger partial charge in [0, 0.05) is 0 Å². The molecule has 0 saturated heterocycles. The zero-order chi connectivity index (χ0) is 17.9. The van der Waals surface area contributed by atoms with Crippen molar-refractivity contribution >= 4 is 5.97 Å². The highest BCUT2D eigenvalue weighted by molar-refractivity contribution is 5.70. The molecular weight excluding hydrogens is 296 g/mol. The minimum atomic E-state index is -0.650. The van der Waals surface area contributed by atoms with Gasteiger partial charge in [0.15, 0.2) is 0 Å². The molecule has 1 unspecified atom stereocenters. The highest BCUT2D eigenvalue weighted by atomic mass is 16.4. The third-order valence-corrected chi connectivity index (χ3v) is 4.62. The lowest BCUT2D eigenvalue weighted by Gasteiger charge is -2.09. The molecule has 0 aromatic carbocycles. The molecule has 0 aromatic rings. The van der Waals surface area contributed by atoms with Crippen LogP contribution in [-0.4, -0.2) is 11.1 Å². The summed E-state index contributed by atoms with van der Waals surface area (Å²) in [7, 11) is 0. The van der Waals surface area contributed by atoms with Crippen LogP contribution in [0.3, 0.4) is 0 Å². The summed E-state index contributed by atoms with van der Waals surface area (Å²) in [6, 6.07) is 0. The first-order valence-corrected chi connectivity index (χ1v) is 10.2. The Morgan fingerprint density at radius 1 is 0.833 bits per heavy atom. The summed E-state index contributed by atoms with van der Waals surface area (Å²) < 4.78 is 0. The highest BCUT2D eigenvalue weighted by Crippen LogP contribution is 2.17. The van der Waals surface area contributed by atoms with E-state index in [9.17, 15) is 9.90 Å². The van der Waals surface area contributed by atoms with Crippen LogP contribution in [0.1, 0.15) is 104 Å². The van der Waals surface area contributed by atoms with Crippen LogP contribution in [-0.2, 0) is 4.79 Å². The van der Waals surface area contributed by atoms with Crippen LogP contribution in [0.25, 0.3) is 0 Å². The highest BCUT2D eigenvalue weighted by Gasteiger charge is 2.14. The normalized spacial score (nSPS) is 13.1. The van der Waals surface area contributed by atoms with E-state index < -0.39 is 5.97 Å². The Labute approximate surface area is 150 Å². The number of hydrogen-bond acceptors (Lipinski definition) is 1. The molecule has 0 amide bonds. The molecule has 0 fully saturated rings. The summed E-state index contributed by atoms with van der Waals surface area (Å²) in [5, 5.41) is 9.26. The second-order valence-electron chi connectivity index (χ2n) is 6.90. The lowest BCUT2D eigenvalue weighted by atomic mass is 9.97. The van der Waals surface area contributed by atoms with Gasteiger partial charge >= 0.3 is 5.97 Å². The van der Waals surface area contributed by atoms with Crippen LogP contribution >= 0.6 is 0 Å². The van der Waals surface area contributed by atoms with Gasteiger partial charge in [-0.05, 0) is 19.8 Å². The molecule has 0 rings (SSSR count). The molecule has 0 heterocycles. The molecular formula is C22H40O2. The average molecular weight is 337 g/mol. The Bertz CT molecular complexity index is 331. The van der Waals surface area contributed by atoms with E-state index in [-0.39, 0.29) is 5.92 Å². The molecule has 0 aromatic heterocycles. The smallest absolute Gasteiger partial charge is 0.306 e. The van der Waals surface area contributed by atoms with Crippen LogP contribution in [0.15, 0.2) is 24.3 Å². The SMILES string of the molecule is CC=CC=CCC(CCCCCCCCCCCCCC)C(=O)O. The third-order valence-electron chi connectivity index (χ3n) is 4.62. The zero-order valence-corrected chi connectivity index (χ0v) is 16.1. The molecule has 2 nitrogen and oxygen atoms in total. The first-order valence-electron chi connectivity index (χ1n) is 10.2. The lowest BCUT2D eigenvalue weighted by molar-refractivity contribution is -0.141. The Hall–Kier alpha value is -1.05. The monoisotopic (exact) mass is 336 g/mol. The Kier molecular flexibility index (Phi) is 17.5. The Morgan fingerprint density at radius 3 is 1.79 bits per heavy atom. The van der Waals surface area contributed by atoms with Crippen molar-refractivity contribution in [3.05, 3.63) is 24.3 Å². The van der Waals surface area contributed by atoms with E-state index in [0.29, 0.717) is 6.42 Å². The number of allylic oxidation sites excluding steroid dienone is 4. The second-order valence-corrected chi connectivity index (χ2v) is 6.90. The molecule has 2 heteroatoms. The van der Waals surface area contributed by atoms with Gasteiger partial charge in [0.25, 0.3) is 0 Å². The van der Waals surface area contributed by atoms with Crippen LogP contribution in [0.5, 0.6) is 0 Å². The van der Waals surface area contributed by atoms with Crippen molar-refractivity contribution in [1.82, 2.24) is 0 Å². The number of carbonyl (C=O) groups is 1. The van der Waals surface area contributed by atoms with Crippen LogP contribution in [0.2, 0.25) is 0 Å². The molecule has 24 heavy (non-hydrogen) atoms. The summed E-state index contributed by atoms with van der Waals surface area (Å²) in [6.07, 6.45) is 25.1. The molecule has 0 spiro atoms. The number of unbranched alkanes of at least 4 members (excludes halogenated alkanes) is 11. The third kappa shape index (κ3) is 15.8. The largest absolute Gasteiger partial charge is 0.481 e. The standard InChI is InChI=1S/C22H40O2/c1-3-5-7-9-10-11-12-13-14-15-16-18-20-21(22(23)24)19-17-8-6-4-2/h4,6,8,17,21H,3,5,7,9-16,18-20H2,1-2H3,(H,23,24). The molecule has 0 radical (unpaired) electrons. The van der Waals surface area contributed by atoms with Gasteiger partial charge in [-0.1, -0.05) is 108 Å². The quantitative estimate of drug-likeness (QED) is 0.223. The second kappa shape index (κ2) is 18.3. The van der Waals surface area contributed by atoms with Gasteiger partial charge in [-0.3, -0.25) is 4.79 Å². The van der Waals surface area contributed by atoms with E-state index in [1.54, 1.807) is 0 Å². The molecule has 0 saturated carbocycles. The summed E-state index contributed by atoms with van der Waals surface area (Å²) in [6.45, 7) is 4.23. The first kappa shape index (κ1) is 22.9. The van der Waals surface area contributed by atoms with E-state index in [4.69, 9.17) is 0 Å². The molecule has 0 aliphatic rings. The Balaban J connectivity index is 3.47. The van der Waals surface area contributed by atoms with Gasteiger partial charge in [0.1, 0.15) is 0 Å². The van der Waals surface area contributed by atoms with Crippen molar-refractivity contribution < 1.29 is 9.90 Å². The predicted octanol–water partition coefficient (Wildman–Crippen LogP) is 7.30. The molecule has 1 atom stereocenters. The molecule has 0 aliphatic carbocycles. The maximum Gasteiger partial charge on any atom is 0.306 e. The maximum absolute atomic E-state index is 11.2. The van der Waals surface area contributed by atoms with Gasteiger partial charge < -0.3 is 5.11 Å². The van der Waals surface area contributed by atoms with Gasteiger partial charge in [-0.2, -0.15) is 0 Å². The number of carboxylic acids is 1. The van der Waals surface area contributed by atoms with Crippen molar-refractivity contribution in [1.29, 1.82) is 0 Å². The van der Waals surface area contributed by atoms with Crippen molar-refractivity contribution in [2.75, 3.05) is 0 Å².